The van der Waals surface area contributed by atoms with Gasteiger partial charge in [0.15, 0.2) is 16.7 Å². The second-order valence-electron chi connectivity index (χ2n) is 8.48. The second kappa shape index (κ2) is 10.6. The number of carbonyl (C=O) groups is 2. The van der Waals surface area contributed by atoms with Crippen molar-refractivity contribution in [1.82, 2.24) is 4.98 Å². The minimum Gasteiger partial charge on any atom is -0.503 e. The summed E-state index contributed by atoms with van der Waals surface area (Å²) in [7, 11) is 0. The SMILES string of the molecule is CCCOc1cccc(C2C(C(=O)C=Cc3ccccc3)=C(O)C(=O)N2c2nc3ccc(Cl)cc3s2)c1. The summed E-state index contributed by atoms with van der Waals surface area (Å²) in [5, 5.41) is 11.9. The van der Waals surface area contributed by atoms with Crippen molar-refractivity contribution >= 4 is 56.1 Å². The van der Waals surface area contributed by atoms with E-state index in [9.17, 15) is 14.7 Å². The molecule has 1 amide bonds. The van der Waals surface area contributed by atoms with Crippen molar-refractivity contribution in [2.24, 2.45) is 0 Å². The van der Waals surface area contributed by atoms with E-state index in [2.05, 4.69) is 4.98 Å². The van der Waals surface area contributed by atoms with Gasteiger partial charge in [-0.2, -0.15) is 0 Å². The molecule has 0 saturated heterocycles. The molecule has 0 saturated carbocycles. The van der Waals surface area contributed by atoms with Crippen LogP contribution in [0, 0.1) is 0 Å². The van der Waals surface area contributed by atoms with Crippen molar-refractivity contribution < 1.29 is 19.4 Å². The molecular formula is C29H23ClN2O4S. The normalized spacial score (nSPS) is 15.8. The molecule has 2 heterocycles. The van der Waals surface area contributed by atoms with Crippen LogP contribution in [-0.4, -0.2) is 28.4 Å². The Morgan fingerprint density at radius 2 is 1.95 bits per heavy atom. The fourth-order valence-electron chi connectivity index (χ4n) is 4.18. The van der Waals surface area contributed by atoms with Gasteiger partial charge < -0.3 is 9.84 Å². The number of ether oxygens (including phenoxy) is 1. The lowest BCUT2D eigenvalue weighted by Gasteiger charge is -2.24. The number of aliphatic hydroxyl groups excluding tert-OH is 1. The van der Waals surface area contributed by atoms with E-state index in [4.69, 9.17) is 16.3 Å². The quantitative estimate of drug-likeness (QED) is 0.250. The first-order valence-corrected chi connectivity index (χ1v) is 13.0. The molecular weight excluding hydrogens is 508 g/mol. The van der Waals surface area contributed by atoms with Gasteiger partial charge in [0, 0.05) is 5.02 Å². The molecule has 1 N–H and O–H groups in total. The number of benzene rings is 3. The number of fused-ring (bicyclic) bond motifs is 1. The topological polar surface area (TPSA) is 79.7 Å². The van der Waals surface area contributed by atoms with Crippen LogP contribution in [0.5, 0.6) is 5.75 Å². The molecule has 1 atom stereocenters. The van der Waals surface area contributed by atoms with E-state index >= 15 is 0 Å². The van der Waals surface area contributed by atoms with Crippen molar-refractivity contribution in [3.63, 3.8) is 0 Å². The number of carbonyl (C=O) groups excluding carboxylic acids is 2. The zero-order valence-corrected chi connectivity index (χ0v) is 21.5. The van der Waals surface area contributed by atoms with Gasteiger partial charge in [-0.3, -0.25) is 14.5 Å². The first-order valence-electron chi connectivity index (χ1n) is 11.8. The number of anilines is 1. The highest BCUT2D eigenvalue weighted by Crippen LogP contribution is 2.44. The number of ketones is 1. The van der Waals surface area contributed by atoms with Gasteiger partial charge in [0.2, 0.25) is 0 Å². The summed E-state index contributed by atoms with van der Waals surface area (Å²) in [6.45, 7) is 2.54. The van der Waals surface area contributed by atoms with Crippen LogP contribution >= 0.6 is 22.9 Å². The highest BCUT2D eigenvalue weighted by atomic mass is 35.5. The van der Waals surface area contributed by atoms with E-state index in [-0.39, 0.29) is 5.57 Å². The fraction of sp³-hybridized carbons (Fsp3) is 0.138. The molecule has 8 heteroatoms. The van der Waals surface area contributed by atoms with Crippen molar-refractivity contribution in [2.75, 3.05) is 11.5 Å². The van der Waals surface area contributed by atoms with Gasteiger partial charge >= 0.3 is 0 Å². The van der Waals surface area contributed by atoms with Gasteiger partial charge in [-0.1, -0.05) is 78.4 Å². The molecule has 1 unspecified atom stereocenters. The highest BCUT2D eigenvalue weighted by molar-refractivity contribution is 7.22. The largest absolute Gasteiger partial charge is 0.503 e. The maximum Gasteiger partial charge on any atom is 0.296 e. The van der Waals surface area contributed by atoms with Crippen LogP contribution in [0.3, 0.4) is 0 Å². The predicted molar refractivity (Wildman–Crippen MR) is 147 cm³/mol. The molecule has 5 rings (SSSR count). The summed E-state index contributed by atoms with van der Waals surface area (Å²) >= 11 is 7.42. The van der Waals surface area contributed by atoms with Gasteiger partial charge in [0.1, 0.15) is 5.75 Å². The molecule has 0 radical (unpaired) electrons. The van der Waals surface area contributed by atoms with E-state index in [1.165, 1.54) is 22.3 Å². The van der Waals surface area contributed by atoms with Gasteiger partial charge in [-0.05, 0) is 54.0 Å². The standard InChI is InChI=1S/C29H23ClN2O4S/c1-2-15-36-21-10-6-9-19(16-21)26-25(23(33)14-11-18-7-4-3-5-8-18)27(34)28(35)32(26)29-31-22-13-12-20(30)17-24(22)37-29/h3-14,16-17,26,34H,2,15H2,1H3. The first-order chi connectivity index (χ1) is 18.0. The minimum absolute atomic E-state index is 0.0119. The van der Waals surface area contributed by atoms with Gasteiger partial charge in [0.05, 0.1) is 28.4 Å². The van der Waals surface area contributed by atoms with Crippen molar-refractivity contribution in [3.05, 3.63) is 106 Å². The molecule has 186 valence electrons. The van der Waals surface area contributed by atoms with E-state index in [1.54, 1.807) is 42.5 Å². The number of amides is 1. The number of halogens is 1. The van der Waals surface area contributed by atoms with E-state index < -0.39 is 23.5 Å². The molecule has 4 aromatic rings. The lowest BCUT2D eigenvalue weighted by atomic mass is 9.95. The Morgan fingerprint density at radius 1 is 1.14 bits per heavy atom. The number of hydrogen-bond donors (Lipinski definition) is 1. The number of aliphatic hydroxyl groups is 1. The first kappa shape index (κ1) is 24.7. The third-order valence-corrected chi connectivity index (χ3v) is 7.14. The number of nitrogens with zero attached hydrogens (tertiary/aromatic N) is 2. The van der Waals surface area contributed by atoms with Gasteiger partial charge in [0.25, 0.3) is 5.91 Å². The Kier molecular flexibility index (Phi) is 7.08. The maximum absolute atomic E-state index is 13.5. The Hall–Kier alpha value is -3.94. The van der Waals surface area contributed by atoms with Crippen LogP contribution in [0.15, 0.2) is 90.2 Å². The molecule has 6 nitrogen and oxygen atoms in total. The molecule has 1 aliphatic rings. The predicted octanol–water partition coefficient (Wildman–Crippen LogP) is 6.92. The Bertz CT molecular complexity index is 1540. The van der Waals surface area contributed by atoms with Crippen LogP contribution in [0.1, 0.15) is 30.5 Å². The van der Waals surface area contributed by atoms with Crippen LogP contribution in [-0.2, 0) is 9.59 Å². The molecule has 0 bridgehead atoms. The Labute approximate surface area is 223 Å². The molecule has 0 fully saturated rings. The highest BCUT2D eigenvalue weighted by Gasteiger charge is 2.45. The summed E-state index contributed by atoms with van der Waals surface area (Å²) in [5.74, 6) is -1.14. The smallest absolute Gasteiger partial charge is 0.296 e. The Balaban J connectivity index is 1.60. The molecule has 0 aliphatic carbocycles. The van der Waals surface area contributed by atoms with Crippen molar-refractivity contribution in [1.29, 1.82) is 0 Å². The van der Waals surface area contributed by atoms with Crippen LogP contribution in [0.25, 0.3) is 16.3 Å². The lowest BCUT2D eigenvalue weighted by Crippen LogP contribution is -2.30. The molecule has 1 aliphatic heterocycles. The number of thiazole rings is 1. The zero-order valence-electron chi connectivity index (χ0n) is 19.9. The molecule has 37 heavy (non-hydrogen) atoms. The third kappa shape index (κ3) is 5.01. The van der Waals surface area contributed by atoms with Crippen molar-refractivity contribution in [3.8, 4) is 5.75 Å². The average molecular weight is 531 g/mol. The van der Waals surface area contributed by atoms with E-state index in [0.717, 1.165) is 16.7 Å². The average Bonchev–Trinajstić information content (AvgIpc) is 3.44. The number of aromatic nitrogens is 1. The lowest BCUT2D eigenvalue weighted by molar-refractivity contribution is -0.117. The summed E-state index contributed by atoms with van der Waals surface area (Å²) in [6.07, 6.45) is 3.87. The Morgan fingerprint density at radius 3 is 2.73 bits per heavy atom. The monoisotopic (exact) mass is 530 g/mol. The third-order valence-electron chi connectivity index (χ3n) is 5.89. The zero-order chi connectivity index (χ0) is 25.9. The van der Waals surface area contributed by atoms with Gasteiger partial charge in [-0.15, -0.1) is 0 Å². The van der Waals surface area contributed by atoms with Crippen LogP contribution in [0.4, 0.5) is 5.13 Å². The summed E-state index contributed by atoms with van der Waals surface area (Å²) in [5.41, 5.74) is 2.10. The van der Waals surface area contributed by atoms with Crippen LogP contribution < -0.4 is 9.64 Å². The van der Waals surface area contributed by atoms with Crippen molar-refractivity contribution in [2.45, 2.75) is 19.4 Å². The summed E-state index contributed by atoms with van der Waals surface area (Å²) < 4.78 is 6.59. The van der Waals surface area contributed by atoms with Crippen LogP contribution in [0.2, 0.25) is 5.02 Å². The summed E-state index contributed by atoms with van der Waals surface area (Å²) in [4.78, 5) is 32.9. The number of hydrogen-bond acceptors (Lipinski definition) is 6. The minimum atomic E-state index is -0.887. The number of rotatable bonds is 8. The second-order valence-corrected chi connectivity index (χ2v) is 9.92. The fourth-order valence-corrected chi connectivity index (χ4v) is 5.45. The summed E-state index contributed by atoms with van der Waals surface area (Å²) in [6, 6.07) is 20.9. The molecule has 1 aromatic heterocycles. The maximum atomic E-state index is 13.5. The van der Waals surface area contributed by atoms with E-state index in [0.29, 0.717) is 33.6 Å². The molecule has 0 spiro atoms. The van der Waals surface area contributed by atoms with E-state index in [1.807, 2.05) is 43.3 Å². The van der Waals surface area contributed by atoms with Gasteiger partial charge in [-0.25, -0.2) is 4.98 Å². The molecule has 3 aromatic carbocycles. The number of allylic oxidation sites excluding steroid dienone is 1.